The molecule has 1 fully saturated rings. The molecule has 4 rings (SSSR count). The Labute approximate surface area is 218 Å². The van der Waals surface area contributed by atoms with Gasteiger partial charge in [0.15, 0.2) is 0 Å². The number of sulfonamides is 1. The van der Waals surface area contributed by atoms with Crippen LogP contribution in [-0.4, -0.2) is 36.5 Å². The summed E-state index contributed by atoms with van der Waals surface area (Å²) in [6, 6.07) is 19.4. The van der Waals surface area contributed by atoms with E-state index in [2.05, 4.69) is 21.2 Å². The number of anilines is 2. The third-order valence-electron chi connectivity index (χ3n) is 5.93. The number of imide groups is 1. The second-order valence-corrected chi connectivity index (χ2v) is 11.1. The van der Waals surface area contributed by atoms with Crippen molar-refractivity contribution >= 4 is 55.0 Å². The number of nitrogens with zero attached hydrogens (tertiary/aromatic N) is 2. The number of nitrogens with one attached hydrogen (secondary N) is 1. The number of carbonyl (C=O) groups excluding carboxylic acids is 3. The minimum atomic E-state index is -4.23. The number of hydrogen-bond acceptors (Lipinski definition) is 5. The first-order chi connectivity index (χ1) is 17.1. The summed E-state index contributed by atoms with van der Waals surface area (Å²) in [4.78, 5) is 38.9. The molecule has 1 aliphatic heterocycles. The molecule has 2 atom stereocenters. The van der Waals surface area contributed by atoms with Crippen LogP contribution in [0.25, 0.3) is 0 Å². The van der Waals surface area contributed by atoms with Crippen LogP contribution >= 0.6 is 15.9 Å². The van der Waals surface area contributed by atoms with Gasteiger partial charge in [0.05, 0.1) is 17.0 Å². The number of rotatable bonds is 7. The van der Waals surface area contributed by atoms with Gasteiger partial charge in [-0.15, -0.1) is 0 Å². The Morgan fingerprint density at radius 2 is 1.61 bits per heavy atom. The number of halogens is 1. The highest BCUT2D eigenvalue weighted by molar-refractivity contribution is 9.10. The molecule has 2 unspecified atom stereocenters. The lowest BCUT2D eigenvalue weighted by Gasteiger charge is -2.32. The van der Waals surface area contributed by atoms with Crippen LogP contribution < -0.4 is 10.2 Å². The predicted octanol–water partition coefficient (Wildman–Crippen LogP) is 4.49. The SMILES string of the molecule is CC(=O)Nc1ccc(S(=O)(=O)N(C2CC(=O)N(c3ccc(Br)cc3)C2=O)C(C)c2ccccc2)cc1. The van der Waals surface area contributed by atoms with Crippen LogP contribution in [0.1, 0.15) is 31.9 Å². The van der Waals surface area contributed by atoms with Gasteiger partial charge in [0, 0.05) is 23.1 Å². The van der Waals surface area contributed by atoms with E-state index in [9.17, 15) is 22.8 Å². The maximum absolute atomic E-state index is 14.0. The van der Waals surface area contributed by atoms with E-state index in [0.29, 0.717) is 16.9 Å². The van der Waals surface area contributed by atoms with Crippen molar-refractivity contribution in [2.24, 2.45) is 0 Å². The van der Waals surface area contributed by atoms with Crippen LogP contribution in [0.5, 0.6) is 0 Å². The van der Waals surface area contributed by atoms with E-state index in [1.807, 2.05) is 6.07 Å². The lowest BCUT2D eigenvalue weighted by molar-refractivity contribution is -0.122. The molecule has 0 saturated carbocycles. The molecule has 3 aromatic rings. The van der Waals surface area contributed by atoms with Crippen molar-refractivity contribution in [3.8, 4) is 0 Å². The van der Waals surface area contributed by atoms with Crippen LogP contribution in [0.4, 0.5) is 11.4 Å². The fourth-order valence-electron chi connectivity index (χ4n) is 4.24. The van der Waals surface area contributed by atoms with Gasteiger partial charge in [0.1, 0.15) is 6.04 Å². The Morgan fingerprint density at radius 3 is 2.19 bits per heavy atom. The van der Waals surface area contributed by atoms with Crippen LogP contribution in [0, 0.1) is 0 Å². The molecule has 0 aromatic heterocycles. The highest BCUT2D eigenvalue weighted by Gasteiger charge is 2.48. The molecular weight excluding hydrogens is 546 g/mol. The van der Waals surface area contributed by atoms with Gasteiger partial charge in [-0.05, 0) is 61.0 Å². The molecule has 0 radical (unpaired) electrons. The van der Waals surface area contributed by atoms with E-state index in [-0.39, 0.29) is 17.2 Å². The Morgan fingerprint density at radius 1 is 1.00 bits per heavy atom. The van der Waals surface area contributed by atoms with E-state index in [4.69, 9.17) is 0 Å². The molecule has 3 amide bonds. The fourth-order valence-corrected chi connectivity index (χ4v) is 6.26. The summed E-state index contributed by atoms with van der Waals surface area (Å²) in [5.41, 5.74) is 1.50. The Bertz CT molecular complexity index is 1390. The molecule has 186 valence electrons. The van der Waals surface area contributed by atoms with Gasteiger partial charge in [-0.2, -0.15) is 4.31 Å². The van der Waals surface area contributed by atoms with Crippen molar-refractivity contribution in [2.75, 3.05) is 10.2 Å². The molecule has 8 nitrogen and oxygen atoms in total. The average molecular weight is 570 g/mol. The molecule has 1 aliphatic rings. The van der Waals surface area contributed by atoms with Gasteiger partial charge < -0.3 is 5.32 Å². The van der Waals surface area contributed by atoms with Gasteiger partial charge in [0.25, 0.3) is 5.91 Å². The van der Waals surface area contributed by atoms with Crippen molar-refractivity contribution in [1.82, 2.24) is 4.31 Å². The molecule has 10 heteroatoms. The first-order valence-corrected chi connectivity index (χ1v) is 13.4. The normalized spacial score (nSPS) is 16.9. The van der Waals surface area contributed by atoms with Gasteiger partial charge in [-0.3, -0.25) is 14.4 Å². The van der Waals surface area contributed by atoms with Crippen molar-refractivity contribution in [3.05, 3.63) is 88.9 Å². The maximum atomic E-state index is 14.0. The van der Waals surface area contributed by atoms with Crippen LogP contribution in [0.15, 0.2) is 88.2 Å². The highest BCUT2D eigenvalue weighted by atomic mass is 79.9. The molecule has 1 saturated heterocycles. The molecule has 0 bridgehead atoms. The summed E-state index contributed by atoms with van der Waals surface area (Å²) in [5, 5.41) is 2.60. The summed E-state index contributed by atoms with van der Waals surface area (Å²) >= 11 is 3.34. The molecule has 0 aliphatic carbocycles. The Kier molecular flexibility index (Phi) is 7.39. The topological polar surface area (TPSA) is 104 Å². The summed E-state index contributed by atoms with van der Waals surface area (Å²) < 4.78 is 29.8. The first kappa shape index (κ1) is 25.7. The Hall–Kier alpha value is -3.34. The molecule has 36 heavy (non-hydrogen) atoms. The molecule has 0 spiro atoms. The third-order valence-corrected chi connectivity index (χ3v) is 8.45. The smallest absolute Gasteiger partial charge is 0.252 e. The lowest BCUT2D eigenvalue weighted by Crippen LogP contribution is -2.46. The molecule has 3 aromatic carbocycles. The zero-order valence-corrected chi connectivity index (χ0v) is 22.0. The van der Waals surface area contributed by atoms with Gasteiger partial charge >= 0.3 is 0 Å². The second-order valence-electron chi connectivity index (χ2n) is 8.39. The predicted molar refractivity (Wildman–Crippen MR) is 140 cm³/mol. The fraction of sp³-hybridized carbons (Fsp3) is 0.192. The largest absolute Gasteiger partial charge is 0.326 e. The summed E-state index contributed by atoms with van der Waals surface area (Å²) in [5.74, 6) is -1.37. The van der Waals surface area contributed by atoms with Crippen LogP contribution in [-0.2, 0) is 24.4 Å². The van der Waals surface area contributed by atoms with Crippen molar-refractivity contribution in [3.63, 3.8) is 0 Å². The number of amides is 3. The average Bonchev–Trinajstić information content (AvgIpc) is 3.13. The van der Waals surface area contributed by atoms with E-state index in [1.165, 1.54) is 31.2 Å². The highest BCUT2D eigenvalue weighted by Crippen LogP contribution is 2.36. The van der Waals surface area contributed by atoms with Crippen molar-refractivity contribution < 1.29 is 22.8 Å². The molecule has 1 N–H and O–H groups in total. The first-order valence-electron chi connectivity index (χ1n) is 11.2. The van der Waals surface area contributed by atoms with Crippen LogP contribution in [0.3, 0.4) is 0 Å². The minimum Gasteiger partial charge on any atom is -0.326 e. The quantitative estimate of drug-likeness (QED) is 0.422. The maximum Gasteiger partial charge on any atom is 0.252 e. The summed E-state index contributed by atoms with van der Waals surface area (Å²) in [6.07, 6.45) is -0.282. The van der Waals surface area contributed by atoms with Gasteiger partial charge in [0.2, 0.25) is 21.8 Å². The van der Waals surface area contributed by atoms with Crippen molar-refractivity contribution in [1.29, 1.82) is 0 Å². The van der Waals surface area contributed by atoms with Gasteiger partial charge in [-0.25, -0.2) is 13.3 Å². The van der Waals surface area contributed by atoms with E-state index >= 15 is 0 Å². The second kappa shape index (κ2) is 10.3. The van der Waals surface area contributed by atoms with Crippen LogP contribution in [0.2, 0.25) is 0 Å². The van der Waals surface area contributed by atoms with Crippen molar-refractivity contribution in [2.45, 2.75) is 37.2 Å². The zero-order chi connectivity index (χ0) is 26.0. The van der Waals surface area contributed by atoms with E-state index in [0.717, 1.165) is 13.7 Å². The summed E-state index contributed by atoms with van der Waals surface area (Å²) in [7, 11) is -4.23. The standard InChI is InChI=1S/C26H24BrN3O5S/c1-17(19-6-4-3-5-7-19)30(36(34,35)23-14-10-21(11-15-23)28-18(2)31)24-16-25(32)29(26(24)33)22-12-8-20(27)9-13-22/h3-15,17,24H,16H2,1-2H3,(H,28,31). The molecule has 1 heterocycles. The zero-order valence-electron chi connectivity index (χ0n) is 19.6. The monoisotopic (exact) mass is 569 g/mol. The lowest BCUT2D eigenvalue weighted by atomic mass is 10.1. The van der Waals surface area contributed by atoms with Gasteiger partial charge in [-0.1, -0.05) is 46.3 Å². The molecular formula is C26H24BrN3O5S. The third kappa shape index (κ3) is 5.11. The Balaban J connectivity index is 1.76. The minimum absolute atomic E-state index is 0.0540. The van der Waals surface area contributed by atoms with E-state index in [1.54, 1.807) is 55.5 Å². The number of carbonyl (C=O) groups is 3. The number of hydrogen-bond donors (Lipinski definition) is 1. The summed E-state index contributed by atoms with van der Waals surface area (Å²) in [6.45, 7) is 3.05. The van der Waals surface area contributed by atoms with E-state index < -0.39 is 33.9 Å². The number of benzene rings is 3.